The first kappa shape index (κ1) is 16.0. The molecule has 1 aliphatic heterocycles. The van der Waals surface area contributed by atoms with E-state index in [0.717, 1.165) is 42.7 Å². The van der Waals surface area contributed by atoms with E-state index in [0.29, 0.717) is 12.8 Å². The molecule has 1 N–H and O–H groups in total. The van der Waals surface area contributed by atoms with Gasteiger partial charge in [0.25, 0.3) is 0 Å². The van der Waals surface area contributed by atoms with Gasteiger partial charge in [-0.05, 0) is 64.0 Å². The Hall–Kier alpha value is -1.84. The van der Waals surface area contributed by atoms with E-state index in [1.54, 1.807) is 0 Å². The Morgan fingerprint density at radius 1 is 1.00 bits per heavy atom. The lowest BCUT2D eigenvalue weighted by Gasteiger charge is -2.30. The Morgan fingerprint density at radius 2 is 1.57 bits per heavy atom. The second-order valence-electron chi connectivity index (χ2n) is 7.16. The van der Waals surface area contributed by atoms with Gasteiger partial charge in [0.1, 0.15) is 5.41 Å². The molecule has 2 amide bonds. The number of hydrogen-bond acceptors (Lipinski definition) is 2. The molecule has 23 heavy (non-hydrogen) atoms. The Morgan fingerprint density at radius 3 is 2.09 bits per heavy atom. The summed E-state index contributed by atoms with van der Waals surface area (Å²) in [5.74, 6) is -0.0831. The fraction of sp³-hybridized carbons (Fsp3) is 0.579. The zero-order valence-electron chi connectivity index (χ0n) is 14.4. The molecule has 0 aromatic heterocycles. The molecule has 3 rings (SSSR count). The topological polar surface area (TPSA) is 49.4 Å². The highest BCUT2D eigenvalue weighted by molar-refractivity contribution is 6.13. The first-order valence-electron chi connectivity index (χ1n) is 8.63. The highest BCUT2D eigenvalue weighted by Gasteiger charge is 2.58. The van der Waals surface area contributed by atoms with Crippen molar-refractivity contribution in [1.29, 1.82) is 0 Å². The van der Waals surface area contributed by atoms with Crippen LogP contribution in [0.15, 0.2) is 12.1 Å². The van der Waals surface area contributed by atoms with E-state index in [4.69, 9.17) is 0 Å². The molecule has 2 fully saturated rings. The molecule has 1 aromatic carbocycles. The van der Waals surface area contributed by atoms with Gasteiger partial charge in [0.15, 0.2) is 0 Å². The lowest BCUT2D eigenvalue weighted by Crippen LogP contribution is -2.45. The molecule has 0 atom stereocenters. The normalized spacial score (nSPS) is 19.3. The van der Waals surface area contributed by atoms with Gasteiger partial charge < -0.3 is 10.2 Å². The van der Waals surface area contributed by atoms with Gasteiger partial charge in [0.2, 0.25) is 11.8 Å². The third-order valence-corrected chi connectivity index (χ3v) is 5.15. The van der Waals surface area contributed by atoms with Crippen LogP contribution in [0.2, 0.25) is 0 Å². The van der Waals surface area contributed by atoms with Crippen LogP contribution in [-0.4, -0.2) is 29.8 Å². The highest BCUT2D eigenvalue weighted by Crippen LogP contribution is 2.48. The quantitative estimate of drug-likeness (QED) is 0.870. The number of carbonyl (C=O) groups is 2. The minimum absolute atomic E-state index is 0.0390. The van der Waals surface area contributed by atoms with Crippen molar-refractivity contribution in [3.63, 3.8) is 0 Å². The van der Waals surface area contributed by atoms with Gasteiger partial charge in [-0.3, -0.25) is 9.59 Å². The molecule has 0 bridgehead atoms. The Labute approximate surface area is 138 Å². The maximum atomic E-state index is 12.8. The van der Waals surface area contributed by atoms with E-state index < -0.39 is 5.41 Å². The fourth-order valence-corrected chi connectivity index (χ4v) is 3.67. The van der Waals surface area contributed by atoms with Crippen LogP contribution in [0, 0.1) is 26.2 Å². The second kappa shape index (κ2) is 5.99. The van der Waals surface area contributed by atoms with Crippen LogP contribution in [0.3, 0.4) is 0 Å². The van der Waals surface area contributed by atoms with Crippen molar-refractivity contribution in [2.45, 2.75) is 52.9 Å². The number of nitrogens with one attached hydrogen (secondary N) is 1. The molecule has 1 saturated carbocycles. The van der Waals surface area contributed by atoms with Gasteiger partial charge in [0.05, 0.1) is 0 Å². The van der Waals surface area contributed by atoms with Crippen molar-refractivity contribution in [2.75, 3.05) is 18.4 Å². The molecule has 1 saturated heterocycles. The molecule has 0 radical (unpaired) electrons. The summed E-state index contributed by atoms with van der Waals surface area (Å²) in [5, 5.41) is 3.04. The molecule has 4 nitrogen and oxygen atoms in total. The average molecular weight is 314 g/mol. The van der Waals surface area contributed by atoms with Crippen LogP contribution < -0.4 is 5.32 Å². The van der Waals surface area contributed by atoms with Gasteiger partial charge in [-0.1, -0.05) is 17.7 Å². The summed E-state index contributed by atoms with van der Waals surface area (Å²) in [6.45, 7) is 7.66. The van der Waals surface area contributed by atoms with E-state index in [1.165, 1.54) is 12.0 Å². The van der Waals surface area contributed by atoms with Crippen molar-refractivity contribution in [3.8, 4) is 0 Å². The van der Waals surface area contributed by atoms with Gasteiger partial charge in [-0.2, -0.15) is 0 Å². The lowest BCUT2D eigenvalue weighted by molar-refractivity contribution is -0.143. The van der Waals surface area contributed by atoms with Crippen molar-refractivity contribution in [1.82, 2.24) is 4.90 Å². The highest BCUT2D eigenvalue weighted by atomic mass is 16.2. The van der Waals surface area contributed by atoms with Crippen molar-refractivity contribution in [2.24, 2.45) is 5.41 Å². The number of piperidine rings is 1. The summed E-state index contributed by atoms with van der Waals surface area (Å²) < 4.78 is 0. The van der Waals surface area contributed by atoms with Crippen LogP contribution >= 0.6 is 0 Å². The summed E-state index contributed by atoms with van der Waals surface area (Å²) >= 11 is 0. The minimum Gasteiger partial charge on any atom is -0.342 e. The first-order chi connectivity index (χ1) is 10.9. The smallest absolute Gasteiger partial charge is 0.240 e. The first-order valence-corrected chi connectivity index (χ1v) is 8.63. The summed E-state index contributed by atoms with van der Waals surface area (Å²) in [5.41, 5.74) is 3.34. The van der Waals surface area contributed by atoms with Crippen LogP contribution in [0.25, 0.3) is 0 Å². The van der Waals surface area contributed by atoms with Crippen LogP contribution in [-0.2, 0) is 9.59 Å². The number of benzene rings is 1. The van der Waals surface area contributed by atoms with Gasteiger partial charge in [0, 0.05) is 18.8 Å². The minimum atomic E-state index is -0.804. The number of anilines is 1. The number of rotatable bonds is 3. The SMILES string of the molecule is Cc1cc(C)c(NC(=O)C2(C(=O)N3CCCCC3)CC2)c(C)c1. The number of hydrogen-bond donors (Lipinski definition) is 1. The standard InChI is InChI=1S/C19H26N2O2/c1-13-11-14(2)16(15(3)12-13)20-17(22)19(7-8-19)18(23)21-9-5-4-6-10-21/h11-12H,4-10H2,1-3H3,(H,20,22). The summed E-state index contributed by atoms with van der Waals surface area (Å²) in [6, 6.07) is 4.13. The van der Waals surface area contributed by atoms with E-state index in [9.17, 15) is 9.59 Å². The zero-order chi connectivity index (χ0) is 16.6. The predicted octanol–water partition coefficient (Wildman–Crippen LogP) is 3.34. The predicted molar refractivity (Wildman–Crippen MR) is 91.4 cm³/mol. The van der Waals surface area contributed by atoms with E-state index >= 15 is 0 Å². The molecule has 4 heteroatoms. The number of likely N-dealkylation sites (tertiary alicyclic amines) is 1. The average Bonchev–Trinajstić information content (AvgIpc) is 3.32. The summed E-state index contributed by atoms with van der Waals surface area (Å²) in [7, 11) is 0. The fourth-order valence-electron chi connectivity index (χ4n) is 3.67. The van der Waals surface area contributed by atoms with Crippen molar-refractivity contribution in [3.05, 3.63) is 28.8 Å². The van der Waals surface area contributed by atoms with E-state index in [1.807, 2.05) is 25.7 Å². The number of aryl methyl sites for hydroxylation is 3. The van der Waals surface area contributed by atoms with Crippen LogP contribution in [0.4, 0.5) is 5.69 Å². The zero-order valence-corrected chi connectivity index (χ0v) is 14.4. The van der Waals surface area contributed by atoms with Gasteiger partial charge in [-0.25, -0.2) is 0 Å². The largest absolute Gasteiger partial charge is 0.342 e. The van der Waals surface area contributed by atoms with Crippen molar-refractivity contribution < 1.29 is 9.59 Å². The monoisotopic (exact) mass is 314 g/mol. The molecule has 1 heterocycles. The molecular weight excluding hydrogens is 288 g/mol. The van der Waals surface area contributed by atoms with Crippen molar-refractivity contribution >= 4 is 17.5 Å². The third-order valence-electron chi connectivity index (χ3n) is 5.15. The number of amides is 2. The Balaban J connectivity index is 1.76. The number of carbonyl (C=O) groups excluding carboxylic acids is 2. The maximum absolute atomic E-state index is 12.8. The van der Waals surface area contributed by atoms with Crippen LogP contribution in [0.1, 0.15) is 48.8 Å². The third kappa shape index (κ3) is 2.99. The lowest BCUT2D eigenvalue weighted by atomic mass is 10.00. The molecule has 2 aliphatic rings. The molecule has 124 valence electrons. The maximum Gasteiger partial charge on any atom is 0.240 e. The molecular formula is C19H26N2O2. The molecule has 1 aliphatic carbocycles. The Bertz CT molecular complexity index is 618. The number of nitrogens with zero attached hydrogens (tertiary/aromatic N) is 1. The van der Waals surface area contributed by atoms with Crippen LogP contribution in [0.5, 0.6) is 0 Å². The van der Waals surface area contributed by atoms with E-state index in [-0.39, 0.29) is 11.8 Å². The summed E-state index contributed by atoms with van der Waals surface area (Å²) in [4.78, 5) is 27.5. The van der Waals surface area contributed by atoms with E-state index in [2.05, 4.69) is 17.4 Å². The van der Waals surface area contributed by atoms with Gasteiger partial charge in [-0.15, -0.1) is 0 Å². The molecule has 1 aromatic rings. The molecule has 0 spiro atoms. The second-order valence-corrected chi connectivity index (χ2v) is 7.16. The Kier molecular flexibility index (Phi) is 4.17. The van der Waals surface area contributed by atoms with Gasteiger partial charge >= 0.3 is 0 Å². The summed E-state index contributed by atoms with van der Waals surface area (Å²) in [6.07, 6.45) is 4.65. The molecule has 0 unspecified atom stereocenters.